The van der Waals surface area contributed by atoms with Crippen molar-refractivity contribution in [3.05, 3.63) is 16.6 Å². The lowest BCUT2D eigenvalue weighted by Gasteiger charge is -2.35. The molecule has 3 rings (SSSR count). The Labute approximate surface area is 128 Å². The SMILES string of the molecule is CCC(c1nccs1)N1CCC(=O)NC(C)(C2CC2)C1=O. The molecule has 0 aromatic carbocycles. The number of hydrogen-bond acceptors (Lipinski definition) is 4. The highest BCUT2D eigenvalue weighted by atomic mass is 32.1. The van der Waals surface area contributed by atoms with Gasteiger partial charge in [0.1, 0.15) is 10.5 Å². The second-order valence-electron chi connectivity index (χ2n) is 6.07. The van der Waals surface area contributed by atoms with Gasteiger partial charge in [0.25, 0.3) is 0 Å². The molecule has 1 aromatic heterocycles. The molecule has 0 spiro atoms. The monoisotopic (exact) mass is 307 g/mol. The Morgan fingerprint density at radius 1 is 1.52 bits per heavy atom. The van der Waals surface area contributed by atoms with Gasteiger partial charge in [-0.15, -0.1) is 11.3 Å². The van der Waals surface area contributed by atoms with E-state index in [4.69, 9.17) is 0 Å². The Morgan fingerprint density at radius 2 is 2.29 bits per heavy atom. The molecule has 1 aromatic rings. The number of carbonyl (C=O) groups is 2. The molecular formula is C15H21N3O2S. The Kier molecular flexibility index (Phi) is 3.73. The highest BCUT2D eigenvalue weighted by molar-refractivity contribution is 7.09. The minimum Gasteiger partial charge on any atom is -0.342 e. The largest absolute Gasteiger partial charge is 0.342 e. The maximum Gasteiger partial charge on any atom is 0.248 e. The average molecular weight is 307 g/mol. The van der Waals surface area contributed by atoms with Crippen LogP contribution in [0.15, 0.2) is 11.6 Å². The minimum atomic E-state index is -0.738. The van der Waals surface area contributed by atoms with Gasteiger partial charge in [0.15, 0.2) is 0 Å². The first-order valence-corrected chi connectivity index (χ1v) is 8.45. The second kappa shape index (κ2) is 5.40. The first-order chi connectivity index (χ1) is 10.1. The maximum atomic E-state index is 13.1. The third-order valence-corrected chi connectivity index (χ3v) is 5.45. The molecule has 1 saturated carbocycles. The fourth-order valence-electron chi connectivity index (χ4n) is 3.19. The molecule has 0 bridgehead atoms. The molecule has 21 heavy (non-hydrogen) atoms. The van der Waals surface area contributed by atoms with E-state index in [1.807, 2.05) is 17.2 Å². The van der Waals surface area contributed by atoms with Crippen molar-refractivity contribution in [1.82, 2.24) is 15.2 Å². The van der Waals surface area contributed by atoms with Crippen LogP contribution in [0.25, 0.3) is 0 Å². The number of thiazole rings is 1. The highest BCUT2D eigenvalue weighted by Crippen LogP contribution is 2.42. The molecule has 1 saturated heterocycles. The number of carbonyl (C=O) groups excluding carboxylic acids is 2. The van der Waals surface area contributed by atoms with Crippen molar-refractivity contribution in [2.75, 3.05) is 6.54 Å². The van der Waals surface area contributed by atoms with E-state index in [0.717, 1.165) is 24.3 Å². The Balaban J connectivity index is 1.92. The summed E-state index contributed by atoms with van der Waals surface area (Å²) in [5.41, 5.74) is -0.738. The van der Waals surface area contributed by atoms with Gasteiger partial charge in [0.05, 0.1) is 6.04 Å². The van der Waals surface area contributed by atoms with E-state index in [-0.39, 0.29) is 23.8 Å². The molecule has 1 aliphatic carbocycles. The van der Waals surface area contributed by atoms with E-state index in [2.05, 4.69) is 17.2 Å². The quantitative estimate of drug-likeness (QED) is 0.926. The molecule has 5 nitrogen and oxygen atoms in total. The zero-order valence-electron chi connectivity index (χ0n) is 12.5. The molecule has 2 fully saturated rings. The van der Waals surface area contributed by atoms with Crippen LogP contribution in [0.2, 0.25) is 0 Å². The van der Waals surface area contributed by atoms with E-state index in [1.165, 1.54) is 0 Å². The van der Waals surface area contributed by atoms with Crippen LogP contribution >= 0.6 is 11.3 Å². The van der Waals surface area contributed by atoms with Crippen LogP contribution in [0.1, 0.15) is 50.6 Å². The molecule has 1 N–H and O–H groups in total. The fraction of sp³-hybridized carbons (Fsp3) is 0.667. The molecule has 1 aliphatic heterocycles. The standard InChI is InChI=1S/C15H21N3O2S/c1-3-11(13-16-7-9-21-13)18-8-6-12(19)17-15(2,14(18)20)10-4-5-10/h7,9-11H,3-6,8H2,1-2H3,(H,17,19). The van der Waals surface area contributed by atoms with Crippen LogP contribution in [0.3, 0.4) is 0 Å². The van der Waals surface area contributed by atoms with Crippen LogP contribution in [0, 0.1) is 5.92 Å². The van der Waals surface area contributed by atoms with Gasteiger partial charge in [-0.05, 0) is 32.1 Å². The molecule has 6 heteroatoms. The third-order valence-electron chi connectivity index (χ3n) is 4.58. The van der Waals surface area contributed by atoms with Crippen molar-refractivity contribution in [3.8, 4) is 0 Å². The first kappa shape index (κ1) is 14.5. The number of amides is 2. The van der Waals surface area contributed by atoms with Gasteiger partial charge in [0, 0.05) is 24.5 Å². The first-order valence-electron chi connectivity index (χ1n) is 7.57. The number of hydrogen-bond donors (Lipinski definition) is 1. The van der Waals surface area contributed by atoms with Crippen molar-refractivity contribution < 1.29 is 9.59 Å². The van der Waals surface area contributed by atoms with Gasteiger partial charge in [-0.1, -0.05) is 6.92 Å². The summed E-state index contributed by atoms with van der Waals surface area (Å²) in [6.45, 7) is 4.43. The van der Waals surface area contributed by atoms with E-state index >= 15 is 0 Å². The summed E-state index contributed by atoms with van der Waals surface area (Å²) in [5.74, 6) is 0.315. The zero-order chi connectivity index (χ0) is 15.0. The van der Waals surface area contributed by atoms with Crippen LogP contribution in [0.5, 0.6) is 0 Å². The van der Waals surface area contributed by atoms with Gasteiger partial charge < -0.3 is 10.2 Å². The molecule has 2 amide bonds. The normalized spacial score (nSPS) is 28.2. The van der Waals surface area contributed by atoms with Crippen molar-refractivity contribution in [2.45, 2.75) is 51.1 Å². The fourth-order valence-corrected chi connectivity index (χ4v) is 4.02. The molecular weight excluding hydrogens is 286 g/mol. The van der Waals surface area contributed by atoms with E-state index in [9.17, 15) is 9.59 Å². The summed E-state index contributed by atoms with van der Waals surface area (Å²) < 4.78 is 0. The van der Waals surface area contributed by atoms with E-state index in [0.29, 0.717) is 13.0 Å². The van der Waals surface area contributed by atoms with Crippen LogP contribution in [-0.2, 0) is 9.59 Å². The number of nitrogens with one attached hydrogen (secondary N) is 1. The van der Waals surface area contributed by atoms with Crippen LogP contribution in [0.4, 0.5) is 0 Å². The third kappa shape index (κ3) is 2.57. The lowest BCUT2D eigenvalue weighted by Crippen LogP contribution is -2.57. The summed E-state index contributed by atoms with van der Waals surface area (Å²) in [4.78, 5) is 31.3. The summed E-state index contributed by atoms with van der Waals surface area (Å²) in [6.07, 6.45) is 4.99. The molecule has 114 valence electrons. The average Bonchev–Trinajstić information content (AvgIpc) is 3.21. The van der Waals surface area contributed by atoms with Crippen molar-refractivity contribution >= 4 is 23.2 Å². The van der Waals surface area contributed by atoms with Gasteiger partial charge in [-0.2, -0.15) is 0 Å². The summed E-state index contributed by atoms with van der Waals surface area (Å²) in [7, 11) is 0. The lowest BCUT2D eigenvalue weighted by molar-refractivity contribution is -0.141. The Hall–Kier alpha value is -1.43. The van der Waals surface area contributed by atoms with E-state index in [1.54, 1.807) is 17.5 Å². The molecule has 2 atom stereocenters. The van der Waals surface area contributed by atoms with Crippen LogP contribution < -0.4 is 5.32 Å². The summed E-state index contributed by atoms with van der Waals surface area (Å²) in [6, 6.07) is -0.0247. The molecule has 0 radical (unpaired) electrons. The Bertz CT molecular complexity index is 541. The zero-order valence-corrected chi connectivity index (χ0v) is 13.3. The van der Waals surface area contributed by atoms with E-state index < -0.39 is 5.54 Å². The number of nitrogens with zero attached hydrogens (tertiary/aromatic N) is 2. The summed E-state index contributed by atoms with van der Waals surface area (Å²) in [5, 5.41) is 5.87. The van der Waals surface area contributed by atoms with Crippen molar-refractivity contribution in [2.24, 2.45) is 5.92 Å². The minimum absolute atomic E-state index is 0.0192. The lowest BCUT2D eigenvalue weighted by atomic mass is 9.93. The highest BCUT2D eigenvalue weighted by Gasteiger charge is 2.52. The predicted octanol–water partition coefficient (Wildman–Crippen LogP) is 2.11. The summed E-state index contributed by atoms with van der Waals surface area (Å²) >= 11 is 1.57. The molecule has 2 unspecified atom stereocenters. The molecule has 2 heterocycles. The van der Waals surface area contributed by atoms with Gasteiger partial charge in [-0.3, -0.25) is 9.59 Å². The predicted molar refractivity (Wildman–Crippen MR) is 80.7 cm³/mol. The number of rotatable bonds is 4. The number of aromatic nitrogens is 1. The molecule has 2 aliphatic rings. The Morgan fingerprint density at radius 3 is 2.86 bits per heavy atom. The van der Waals surface area contributed by atoms with Gasteiger partial charge >= 0.3 is 0 Å². The van der Waals surface area contributed by atoms with Gasteiger partial charge in [-0.25, -0.2) is 4.98 Å². The maximum absolute atomic E-state index is 13.1. The van der Waals surface area contributed by atoms with Crippen LogP contribution in [-0.4, -0.2) is 33.8 Å². The van der Waals surface area contributed by atoms with Crippen molar-refractivity contribution in [3.63, 3.8) is 0 Å². The topological polar surface area (TPSA) is 62.3 Å². The van der Waals surface area contributed by atoms with Crippen molar-refractivity contribution in [1.29, 1.82) is 0 Å². The second-order valence-corrected chi connectivity index (χ2v) is 6.99. The van der Waals surface area contributed by atoms with Gasteiger partial charge in [0.2, 0.25) is 11.8 Å². The smallest absolute Gasteiger partial charge is 0.248 e.